The molecular formula is C9H11N5O. The van der Waals surface area contributed by atoms with E-state index in [1.807, 2.05) is 6.92 Å². The summed E-state index contributed by atoms with van der Waals surface area (Å²) in [4.78, 5) is 7.76. The molecule has 0 saturated carbocycles. The van der Waals surface area contributed by atoms with Crippen molar-refractivity contribution in [2.75, 3.05) is 6.54 Å². The highest BCUT2D eigenvalue weighted by atomic mass is 16.4. The molecule has 6 nitrogen and oxygen atoms in total. The fraction of sp³-hybridized carbons (Fsp3) is 0.333. The smallest absolute Gasteiger partial charge is 0.250 e. The normalized spacial score (nSPS) is 10.5. The molecule has 0 saturated heterocycles. The van der Waals surface area contributed by atoms with Crippen molar-refractivity contribution in [2.24, 2.45) is 0 Å². The van der Waals surface area contributed by atoms with Crippen LogP contribution in [0.1, 0.15) is 12.8 Å². The van der Waals surface area contributed by atoms with Gasteiger partial charge < -0.3 is 9.73 Å². The molecule has 1 N–H and O–H groups in total. The van der Waals surface area contributed by atoms with Crippen molar-refractivity contribution in [1.82, 2.24) is 25.5 Å². The molecule has 0 aromatic carbocycles. The average molecular weight is 205 g/mol. The van der Waals surface area contributed by atoms with Crippen LogP contribution in [0.2, 0.25) is 0 Å². The number of hydrogen-bond donors (Lipinski definition) is 1. The Morgan fingerprint density at radius 2 is 2.07 bits per heavy atom. The second kappa shape index (κ2) is 4.61. The lowest BCUT2D eigenvalue weighted by Gasteiger charge is -1.94. The standard InChI is InChI=1S/C9H11N5O/c1-2-10-5-8-13-14-9(15-8)7-3-11-6-12-4-7/h3-4,6,10H,2,5H2,1H3. The Labute approximate surface area is 86.8 Å². The topological polar surface area (TPSA) is 76.7 Å². The van der Waals surface area contributed by atoms with Crippen LogP contribution < -0.4 is 5.32 Å². The largest absolute Gasteiger partial charge is 0.419 e. The highest BCUT2D eigenvalue weighted by Crippen LogP contribution is 2.14. The SMILES string of the molecule is CCNCc1nnc(-c2cncnc2)o1. The van der Waals surface area contributed by atoms with Crippen LogP contribution >= 0.6 is 0 Å². The van der Waals surface area contributed by atoms with E-state index < -0.39 is 0 Å². The summed E-state index contributed by atoms with van der Waals surface area (Å²) >= 11 is 0. The number of nitrogens with one attached hydrogen (secondary N) is 1. The molecule has 0 atom stereocenters. The van der Waals surface area contributed by atoms with Gasteiger partial charge >= 0.3 is 0 Å². The predicted octanol–water partition coefficient (Wildman–Crippen LogP) is 0.636. The summed E-state index contributed by atoms with van der Waals surface area (Å²) in [5.74, 6) is 1.01. The molecule has 0 fully saturated rings. The van der Waals surface area contributed by atoms with Crippen molar-refractivity contribution in [3.63, 3.8) is 0 Å². The molecule has 2 aromatic heterocycles. The van der Waals surface area contributed by atoms with Crippen molar-refractivity contribution in [1.29, 1.82) is 0 Å². The van der Waals surface area contributed by atoms with E-state index in [1.54, 1.807) is 12.4 Å². The van der Waals surface area contributed by atoms with Gasteiger partial charge in [0.05, 0.1) is 12.1 Å². The van der Waals surface area contributed by atoms with E-state index in [1.165, 1.54) is 6.33 Å². The molecule has 0 amide bonds. The molecule has 0 radical (unpaired) electrons. The van der Waals surface area contributed by atoms with Crippen molar-refractivity contribution in [2.45, 2.75) is 13.5 Å². The lowest BCUT2D eigenvalue weighted by Crippen LogP contribution is -2.11. The van der Waals surface area contributed by atoms with Crippen LogP contribution in [0, 0.1) is 0 Å². The molecule has 2 aromatic rings. The van der Waals surface area contributed by atoms with Gasteiger partial charge in [-0.15, -0.1) is 10.2 Å². The molecule has 0 aliphatic carbocycles. The zero-order chi connectivity index (χ0) is 10.5. The minimum absolute atomic E-state index is 0.448. The van der Waals surface area contributed by atoms with E-state index in [0.29, 0.717) is 18.3 Å². The van der Waals surface area contributed by atoms with Crippen LogP contribution in [-0.2, 0) is 6.54 Å². The van der Waals surface area contributed by atoms with E-state index >= 15 is 0 Å². The molecule has 0 aliphatic rings. The van der Waals surface area contributed by atoms with Crippen LogP contribution in [0.25, 0.3) is 11.5 Å². The summed E-state index contributed by atoms with van der Waals surface area (Å²) in [6.45, 7) is 3.46. The van der Waals surface area contributed by atoms with E-state index in [4.69, 9.17) is 4.42 Å². The average Bonchev–Trinajstić information content (AvgIpc) is 2.76. The fourth-order valence-corrected chi connectivity index (χ4v) is 1.08. The Balaban J connectivity index is 2.14. The highest BCUT2D eigenvalue weighted by molar-refractivity contribution is 5.48. The van der Waals surface area contributed by atoms with E-state index in [9.17, 15) is 0 Å². The zero-order valence-corrected chi connectivity index (χ0v) is 8.34. The van der Waals surface area contributed by atoms with E-state index in [0.717, 1.165) is 12.1 Å². The van der Waals surface area contributed by atoms with Crippen molar-refractivity contribution >= 4 is 0 Å². The Hall–Kier alpha value is -1.82. The first-order valence-corrected chi connectivity index (χ1v) is 4.68. The Morgan fingerprint density at radius 3 is 2.80 bits per heavy atom. The van der Waals surface area contributed by atoms with E-state index in [2.05, 4.69) is 25.5 Å². The van der Waals surface area contributed by atoms with Gasteiger partial charge in [-0.05, 0) is 6.54 Å². The zero-order valence-electron chi connectivity index (χ0n) is 8.34. The maximum Gasteiger partial charge on any atom is 0.250 e. The van der Waals surface area contributed by atoms with Crippen LogP contribution in [0.5, 0.6) is 0 Å². The molecule has 6 heteroatoms. The van der Waals surface area contributed by atoms with Gasteiger partial charge in [0.15, 0.2) is 0 Å². The summed E-state index contributed by atoms with van der Waals surface area (Å²) in [5, 5.41) is 10.9. The Kier molecular flexibility index (Phi) is 2.99. The predicted molar refractivity (Wildman–Crippen MR) is 52.7 cm³/mol. The second-order valence-electron chi connectivity index (χ2n) is 2.91. The molecule has 0 unspecified atom stereocenters. The summed E-state index contributed by atoms with van der Waals surface area (Å²) < 4.78 is 5.41. The van der Waals surface area contributed by atoms with Crippen molar-refractivity contribution in [3.8, 4) is 11.5 Å². The third-order valence-corrected chi connectivity index (χ3v) is 1.80. The molecule has 0 spiro atoms. The first-order chi connectivity index (χ1) is 7.40. The number of rotatable bonds is 4. The van der Waals surface area contributed by atoms with Gasteiger partial charge in [-0.25, -0.2) is 9.97 Å². The molecule has 0 aliphatic heterocycles. The first kappa shape index (κ1) is 9.72. The highest BCUT2D eigenvalue weighted by Gasteiger charge is 2.07. The minimum Gasteiger partial charge on any atom is -0.419 e. The van der Waals surface area contributed by atoms with Crippen LogP contribution in [0.3, 0.4) is 0 Å². The Bertz CT molecular complexity index is 413. The first-order valence-electron chi connectivity index (χ1n) is 4.68. The maximum absolute atomic E-state index is 5.41. The van der Waals surface area contributed by atoms with Gasteiger partial charge in [-0.1, -0.05) is 6.92 Å². The third kappa shape index (κ3) is 2.35. The second-order valence-corrected chi connectivity index (χ2v) is 2.91. The summed E-state index contributed by atoms with van der Waals surface area (Å²) in [6, 6.07) is 0. The summed E-state index contributed by atoms with van der Waals surface area (Å²) in [7, 11) is 0. The molecule has 0 bridgehead atoms. The molecule has 2 heterocycles. The molecule has 15 heavy (non-hydrogen) atoms. The van der Waals surface area contributed by atoms with Gasteiger partial charge in [0.1, 0.15) is 6.33 Å². The monoisotopic (exact) mass is 205 g/mol. The number of nitrogens with zero attached hydrogens (tertiary/aromatic N) is 4. The molecule has 78 valence electrons. The quantitative estimate of drug-likeness (QED) is 0.789. The summed E-state index contributed by atoms with van der Waals surface area (Å²) in [5.41, 5.74) is 0.729. The van der Waals surface area contributed by atoms with Gasteiger partial charge in [0.25, 0.3) is 5.89 Å². The van der Waals surface area contributed by atoms with Crippen LogP contribution in [0.15, 0.2) is 23.1 Å². The van der Waals surface area contributed by atoms with E-state index in [-0.39, 0.29) is 0 Å². The van der Waals surface area contributed by atoms with Crippen molar-refractivity contribution < 1.29 is 4.42 Å². The fourth-order valence-electron chi connectivity index (χ4n) is 1.08. The number of aromatic nitrogens is 4. The lowest BCUT2D eigenvalue weighted by atomic mass is 10.3. The molecular weight excluding hydrogens is 194 g/mol. The third-order valence-electron chi connectivity index (χ3n) is 1.80. The summed E-state index contributed by atoms with van der Waals surface area (Å²) in [6.07, 6.45) is 4.73. The molecule has 2 rings (SSSR count). The Morgan fingerprint density at radius 1 is 1.27 bits per heavy atom. The van der Waals surface area contributed by atoms with Crippen LogP contribution in [0.4, 0.5) is 0 Å². The van der Waals surface area contributed by atoms with Crippen molar-refractivity contribution in [3.05, 3.63) is 24.6 Å². The maximum atomic E-state index is 5.41. The number of hydrogen-bond acceptors (Lipinski definition) is 6. The van der Waals surface area contributed by atoms with Gasteiger partial charge in [0.2, 0.25) is 5.89 Å². The minimum atomic E-state index is 0.448. The lowest BCUT2D eigenvalue weighted by molar-refractivity contribution is 0.482. The van der Waals surface area contributed by atoms with Crippen LogP contribution in [-0.4, -0.2) is 26.7 Å². The van der Waals surface area contributed by atoms with Gasteiger partial charge in [-0.3, -0.25) is 0 Å². The van der Waals surface area contributed by atoms with Gasteiger partial charge in [0, 0.05) is 12.4 Å². The van der Waals surface area contributed by atoms with Gasteiger partial charge in [-0.2, -0.15) is 0 Å².